The first-order valence-electron chi connectivity index (χ1n) is 18.9. The van der Waals surface area contributed by atoms with Crippen molar-refractivity contribution in [3.05, 3.63) is 206 Å². The molecule has 0 N–H and O–H groups in total. The quantitative estimate of drug-likeness (QED) is 0.164. The van der Waals surface area contributed by atoms with Crippen LogP contribution in [0.15, 0.2) is 206 Å². The predicted octanol–water partition coefficient (Wildman–Crippen LogP) is 14.3. The molecule has 0 saturated carbocycles. The Hall–Kier alpha value is -7.29. The Morgan fingerprint density at radius 1 is 0.309 bits per heavy atom. The lowest BCUT2D eigenvalue weighted by molar-refractivity contribution is 1.11. The fourth-order valence-electron chi connectivity index (χ4n) is 8.56. The minimum Gasteiger partial charge on any atom is -0.292 e. The molecule has 1 aromatic heterocycles. The molecule has 0 aliphatic rings. The number of imidazole rings is 1. The molecule has 0 radical (unpaired) electrons. The number of nitrogens with zero attached hydrogens (tertiary/aromatic N) is 2. The second kappa shape index (κ2) is 12.7. The second-order valence-corrected chi connectivity index (χ2v) is 14.3. The van der Waals surface area contributed by atoms with Crippen LogP contribution in [-0.2, 0) is 0 Å². The van der Waals surface area contributed by atoms with Crippen molar-refractivity contribution in [2.75, 3.05) is 0 Å². The lowest BCUT2D eigenvalue weighted by atomic mass is 9.87. The SMILES string of the molecule is c1ccc(-c2cc3c4ccccc4c(-c4ccc(-c5ccc(-n6c(-c7ccccc7)nc7ccc8ccccc8c76)cc5)cc4)cc3c3ccccc23)cc1. The van der Waals surface area contributed by atoms with Gasteiger partial charge in [0.15, 0.2) is 0 Å². The van der Waals surface area contributed by atoms with Crippen LogP contribution in [0.25, 0.3) is 105 Å². The summed E-state index contributed by atoms with van der Waals surface area (Å²) in [6.07, 6.45) is 0. The number of benzene rings is 10. The maximum absolute atomic E-state index is 5.17. The van der Waals surface area contributed by atoms with E-state index in [1.54, 1.807) is 0 Å². The Kier molecular flexibility index (Phi) is 7.21. The highest BCUT2D eigenvalue weighted by Gasteiger charge is 2.18. The second-order valence-electron chi connectivity index (χ2n) is 14.3. The molecule has 55 heavy (non-hydrogen) atoms. The van der Waals surface area contributed by atoms with E-state index in [1.165, 1.54) is 76.5 Å². The van der Waals surface area contributed by atoms with Crippen molar-refractivity contribution < 1.29 is 0 Å². The lowest BCUT2D eigenvalue weighted by Gasteiger charge is -2.16. The summed E-state index contributed by atoms with van der Waals surface area (Å²) in [6, 6.07) is 74.6. The normalized spacial score (nSPS) is 11.6. The third-order valence-electron chi connectivity index (χ3n) is 11.2. The smallest absolute Gasteiger partial charge is 0.145 e. The molecule has 0 amide bonds. The van der Waals surface area contributed by atoms with E-state index < -0.39 is 0 Å². The van der Waals surface area contributed by atoms with Gasteiger partial charge in [0.05, 0.1) is 11.0 Å². The number of aromatic nitrogens is 2. The van der Waals surface area contributed by atoms with Crippen molar-refractivity contribution in [1.29, 1.82) is 0 Å². The Morgan fingerprint density at radius 2 is 0.764 bits per heavy atom. The van der Waals surface area contributed by atoms with Gasteiger partial charge in [-0.3, -0.25) is 4.57 Å². The van der Waals surface area contributed by atoms with Crippen molar-refractivity contribution in [3.63, 3.8) is 0 Å². The zero-order valence-electron chi connectivity index (χ0n) is 30.0. The molecule has 11 aromatic rings. The molecule has 0 fully saturated rings. The summed E-state index contributed by atoms with van der Waals surface area (Å²) in [5.74, 6) is 0.940. The molecule has 2 nitrogen and oxygen atoms in total. The Morgan fingerprint density at radius 3 is 1.36 bits per heavy atom. The lowest BCUT2D eigenvalue weighted by Crippen LogP contribution is -1.98. The maximum atomic E-state index is 5.17. The van der Waals surface area contributed by atoms with Gasteiger partial charge >= 0.3 is 0 Å². The van der Waals surface area contributed by atoms with E-state index in [9.17, 15) is 0 Å². The predicted molar refractivity (Wildman–Crippen MR) is 233 cm³/mol. The standard InChI is InChI=1S/C53H34N2/c1-3-13-37(14-4-1)47-33-49-46-22-12-10-20-44(46)48(34-50(49)45-21-11-9-19-43(45)47)39-25-23-35(24-26-39)36-27-30-41(31-28-36)55-52-42-18-8-7-15-38(42)29-32-51(52)54-53(55)40-16-5-2-6-17-40/h1-34H. The van der Waals surface area contributed by atoms with E-state index in [2.05, 4.69) is 211 Å². The molecule has 0 unspecified atom stereocenters. The van der Waals surface area contributed by atoms with Gasteiger partial charge in [0, 0.05) is 16.6 Å². The third-order valence-corrected chi connectivity index (χ3v) is 11.2. The number of fused-ring (bicyclic) bond motifs is 8. The first-order chi connectivity index (χ1) is 27.3. The summed E-state index contributed by atoms with van der Waals surface area (Å²) in [6.45, 7) is 0. The molecule has 0 aliphatic heterocycles. The highest BCUT2D eigenvalue weighted by Crippen LogP contribution is 2.42. The summed E-state index contributed by atoms with van der Waals surface area (Å²) in [7, 11) is 0. The summed E-state index contributed by atoms with van der Waals surface area (Å²) in [5.41, 5.74) is 11.6. The summed E-state index contributed by atoms with van der Waals surface area (Å²) >= 11 is 0. The summed E-state index contributed by atoms with van der Waals surface area (Å²) in [5, 5.41) is 10.0. The highest BCUT2D eigenvalue weighted by atomic mass is 15.1. The van der Waals surface area contributed by atoms with Crippen LogP contribution >= 0.6 is 0 Å². The average molecular weight is 699 g/mol. The molecule has 0 atom stereocenters. The minimum atomic E-state index is 0.940. The van der Waals surface area contributed by atoms with Crippen molar-refractivity contribution in [2.24, 2.45) is 0 Å². The van der Waals surface area contributed by atoms with Gasteiger partial charge in [0.2, 0.25) is 0 Å². The van der Waals surface area contributed by atoms with E-state index in [-0.39, 0.29) is 0 Å². The van der Waals surface area contributed by atoms with Gasteiger partial charge in [0.1, 0.15) is 5.82 Å². The molecular formula is C53H34N2. The number of rotatable bonds is 5. The zero-order chi connectivity index (χ0) is 36.3. The number of hydrogen-bond acceptors (Lipinski definition) is 1. The van der Waals surface area contributed by atoms with Gasteiger partial charge in [-0.2, -0.15) is 0 Å². The fraction of sp³-hybridized carbons (Fsp3) is 0. The maximum Gasteiger partial charge on any atom is 0.145 e. The van der Waals surface area contributed by atoms with Crippen LogP contribution in [0.3, 0.4) is 0 Å². The van der Waals surface area contributed by atoms with Gasteiger partial charge in [-0.25, -0.2) is 4.98 Å². The van der Waals surface area contributed by atoms with Crippen LogP contribution in [0, 0.1) is 0 Å². The molecule has 0 aliphatic carbocycles. The first-order valence-corrected chi connectivity index (χ1v) is 18.9. The Labute approximate surface area is 319 Å². The Balaban J connectivity index is 1.01. The third kappa shape index (κ3) is 5.15. The van der Waals surface area contributed by atoms with Crippen LogP contribution in [0.1, 0.15) is 0 Å². The molecule has 1 heterocycles. The molecule has 0 spiro atoms. The molecule has 10 aromatic carbocycles. The van der Waals surface area contributed by atoms with Gasteiger partial charge in [-0.1, -0.05) is 176 Å². The molecule has 0 bridgehead atoms. The summed E-state index contributed by atoms with van der Waals surface area (Å²) in [4.78, 5) is 5.17. The van der Waals surface area contributed by atoms with Crippen LogP contribution in [0.4, 0.5) is 0 Å². The Bertz CT molecular complexity index is 3210. The summed E-state index contributed by atoms with van der Waals surface area (Å²) < 4.78 is 2.32. The topological polar surface area (TPSA) is 17.8 Å². The van der Waals surface area contributed by atoms with Crippen LogP contribution < -0.4 is 0 Å². The van der Waals surface area contributed by atoms with E-state index in [1.807, 2.05) is 0 Å². The highest BCUT2D eigenvalue weighted by molar-refractivity contribution is 6.23. The van der Waals surface area contributed by atoms with E-state index >= 15 is 0 Å². The average Bonchev–Trinajstić information content (AvgIpc) is 3.67. The van der Waals surface area contributed by atoms with Crippen LogP contribution in [0.5, 0.6) is 0 Å². The zero-order valence-corrected chi connectivity index (χ0v) is 30.0. The van der Waals surface area contributed by atoms with E-state index in [0.29, 0.717) is 0 Å². The fourth-order valence-corrected chi connectivity index (χ4v) is 8.56. The molecule has 256 valence electrons. The first kappa shape index (κ1) is 31.3. The van der Waals surface area contributed by atoms with Gasteiger partial charge < -0.3 is 0 Å². The van der Waals surface area contributed by atoms with Crippen molar-refractivity contribution in [1.82, 2.24) is 9.55 Å². The molecular weight excluding hydrogens is 665 g/mol. The molecule has 0 saturated heterocycles. The van der Waals surface area contributed by atoms with E-state index in [4.69, 9.17) is 4.98 Å². The van der Waals surface area contributed by atoms with E-state index in [0.717, 1.165) is 28.1 Å². The van der Waals surface area contributed by atoms with Crippen LogP contribution in [-0.4, -0.2) is 9.55 Å². The van der Waals surface area contributed by atoms with Gasteiger partial charge in [-0.05, 0) is 101 Å². The van der Waals surface area contributed by atoms with Gasteiger partial charge in [-0.15, -0.1) is 0 Å². The van der Waals surface area contributed by atoms with Crippen molar-refractivity contribution >= 4 is 54.1 Å². The van der Waals surface area contributed by atoms with Crippen LogP contribution in [0.2, 0.25) is 0 Å². The molecule has 11 rings (SSSR count). The van der Waals surface area contributed by atoms with Crippen molar-refractivity contribution in [3.8, 4) is 50.5 Å². The number of hydrogen-bond donors (Lipinski definition) is 0. The largest absolute Gasteiger partial charge is 0.292 e. The van der Waals surface area contributed by atoms with Gasteiger partial charge in [0.25, 0.3) is 0 Å². The minimum absolute atomic E-state index is 0.940. The van der Waals surface area contributed by atoms with Crippen molar-refractivity contribution in [2.45, 2.75) is 0 Å². The molecule has 2 heteroatoms. The monoisotopic (exact) mass is 698 g/mol.